The SMILES string of the molecule is CC/C(=C(\c1ccc(O)cc1)C1C=CC(OCCN(C)C)=CC1)c1ccccc1. The van der Waals surface area contributed by atoms with E-state index in [1.807, 2.05) is 12.1 Å². The molecule has 0 saturated heterocycles. The first kappa shape index (κ1) is 20.9. The molecule has 0 fully saturated rings. The lowest BCUT2D eigenvalue weighted by molar-refractivity contribution is 0.191. The van der Waals surface area contributed by atoms with E-state index in [2.05, 4.69) is 74.5 Å². The molecule has 3 rings (SSSR count). The standard InChI is InChI=1S/C26H31NO2/c1-4-25(20-8-6-5-7-9-20)26(21-10-14-23(28)15-11-21)22-12-16-24(17-13-22)29-19-18-27(2)3/h5-12,14-17,22,28H,4,13,18-19H2,1-3H3/b26-25-. The van der Waals surface area contributed by atoms with E-state index >= 15 is 0 Å². The molecule has 1 unspecified atom stereocenters. The summed E-state index contributed by atoms with van der Waals surface area (Å²) >= 11 is 0. The highest BCUT2D eigenvalue weighted by Gasteiger charge is 2.20. The normalized spacial score (nSPS) is 17.1. The van der Waals surface area contributed by atoms with Gasteiger partial charge in [-0.25, -0.2) is 0 Å². The lowest BCUT2D eigenvalue weighted by Gasteiger charge is -2.24. The number of allylic oxidation sites excluding steroid dienone is 5. The number of rotatable bonds is 8. The number of ether oxygens (including phenoxy) is 1. The third-order valence-corrected chi connectivity index (χ3v) is 5.22. The van der Waals surface area contributed by atoms with Gasteiger partial charge in [0, 0.05) is 12.5 Å². The van der Waals surface area contributed by atoms with E-state index in [-0.39, 0.29) is 5.92 Å². The molecule has 0 bridgehead atoms. The Morgan fingerprint density at radius 1 is 1.03 bits per heavy atom. The third kappa shape index (κ3) is 5.61. The summed E-state index contributed by atoms with van der Waals surface area (Å²) in [6, 6.07) is 18.2. The highest BCUT2D eigenvalue weighted by Crippen LogP contribution is 2.39. The molecule has 2 aromatic carbocycles. The number of hydrogen-bond acceptors (Lipinski definition) is 3. The molecule has 2 aromatic rings. The molecule has 0 aliphatic heterocycles. The molecule has 0 heterocycles. The van der Waals surface area contributed by atoms with Gasteiger partial charge in [-0.1, -0.05) is 55.5 Å². The zero-order valence-corrected chi connectivity index (χ0v) is 17.6. The van der Waals surface area contributed by atoms with Crippen LogP contribution in [-0.4, -0.2) is 37.3 Å². The van der Waals surface area contributed by atoms with Gasteiger partial charge in [-0.15, -0.1) is 0 Å². The Bertz CT molecular complexity index is 877. The lowest BCUT2D eigenvalue weighted by Crippen LogP contribution is -2.18. The summed E-state index contributed by atoms with van der Waals surface area (Å²) < 4.78 is 5.90. The van der Waals surface area contributed by atoms with Crippen LogP contribution in [0, 0.1) is 5.92 Å². The van der Waals surface area contributed by atoms with Crippen LogP contribution in [-0.2, 0) is 4.74 Å². The number of phenolic OH excluding ortho intramolecular Hbond substituents is 1. The van der Waals surface area contributed by atoms with Crippen molar-refractivity contribution in [2.24, 2.45) is 5.92 Å². The molecule has 3 heteroatoms. The Hall–Kier alpha value is -2.78. The van der Waals surface area contributed by atoms with Crippen LogP contribution in [0.3, 0.4) is 0 Å². The Labute approximate surface area is 174 Å². The second-order valence-electron chi connectivity index (χ2n) is 7.62. The van der Waals surface area contributed by atoms with Gasteiger partial charge in [0.2, 0.25) is 0 Å². The average Bonchev–Trinajstić information content (AvgIpc) is 2.74. The summed E-state index contributed by atoms with van der Waals surface area (Å²) in [5, 5.41) is 9.76. The monoisotopic (exact) mass is 389 g/mol. The minimum atomic E-state index is 0.274. The number of likely N-dealkylation sites (N-methyl/N-ethyl adjacent to an activating group) is 1. The largest absolute Gasteiger partial charge is 0.508 e. The summed E-state index contributed by atoms with van der Waals surface area (Å²) in [4.78, 5) is 2.12. The zero-order valence-electron chi connectivity index (χ0n) is 17.6. The van der Waals surface area contributed by atoms with Crippen LogP contribution >= 0.6 is 0 Å². The first-order valence-electron chi connectivity index (χ1n) is 10.3. The first-order valence-corrected chi connectivity index (χ1v) is 10.3. The van der Waals surface area contributed by atoms with Crippen LogP contribution in [0.25, 0.3) is 11.1 Å². The number of hydrogen-bond donors (Lipinski definition) is 1. The summed E-state index contributed by atoms with van der Waals surface area (Å²) in [5.74, 6) is 1.52. The Morgan fingerprint density at radius 3 is 2.34 bits per heavy atom. The van der Waals surface area contributed by atoms with Crippen molar-refractivity contribution in [2.75, 3.05) is 27.2 Å². The summed E-state index contributed by atoms with van der Waals surface area (Å²) in [6.45, 7) is 3.81. The van der Waals surface area contributed by atoms with Gasteiger partial charge in [0.15, 0.2) is 0 Å². The molecule has 0 spiro atoms. The molecule has 1 aliphatic carbocycles. The second kappa shape index (κ2) is 10.1. The first-order chi connectivity index (χ1) is 14.1. The predicted octanol–water partition coefficient (Wildman–Crippen LogP) is 5.75. The predicted molar refractivity (Wildman–Crippen MR) is 121 cm³/mol. The van der Waals surface area contributed by atoms with E-state index in [1.165, 1.54) is 16.7 Å². The van der Waals surface area contributed by atoms with Crippen LogP contribution in [0.15, 0.2) is 78.6 Å². The van der Waals surface area contributed by atoms with E-state index in [1.54, 1.807) is 12.1 Å². The van der Waals surface area contributed by atoms with E-state index in [4.69, 9.17) is 4.74 Å². The topological polar surface area (TPSA) is 32.7 Å². The molecular weight excluding hydrogens is 358 g/mol. The van der Waals surface area contributed by atoms with Gasteiger partial charge in [-0.05, 0) is 73.5 Å². The fourth-order valence-corrected chi connectivity index (χ4v) is 3.71. The minimum Gasteiger partial charge on any atom is -0.508 e. The lowest BCUT2D eigenvalue weighted by atomic mass is 9.81. The van der Waals surface area contributed by atoms with Gasteiger partial charge in [0.25, 0.3) is 0 Å². The van der Waals surface area contributed by atoms with Crippen LogP contribution in [0.1, 0.15) is 30.9 Å². The van der Waals surface area contributed by atoms with Gasteiger partial charge in [-0.2, -0.15) is 0 Å². The molecule has 1 atom stereocenters. The van der Waals surface area contributed by atoms with Crippen LogP contribution in [0.5, 0.6) is 5.75 Å². The van der Waals surface area contributed by atoms with Gasteiger partial charge in [0.1, 0.15) is 18.1 Å². The van der Waals surface area contributed by atoms with Crippen molar-refractivity contribution in [1.82, 2.24) is 4.90 Å². The molecule has 29 heavy (non-hydrogen) atoms. The van der Waals surface area contributed by atoms with Crippen molar-refractivity contribution in [2.45, 2.75) is 19.8 Å². The van der Waals surface area contributed by atoms with Crippen molar-refractivity contribution in [3.63, 3.8) is 0 Å². The van der Waals surface area contributed by atoms with E-state index in [0.29, 0.717) is 12.4 Å². The molecule has 0 amide bonds. The third-order valence-electron chi connectivity index (χ3n) is 5.22. The number of aromatic hydroxyl groups is 1. The van der Waals surface area contributed by atoms with Crippen molar-refractivity contribution in [3.05, 3.63) is 89.7 Å². The summed E-state index contributed by atoms with van der Waals surface area (Å²) in [6.07, 6.45) is 8.40. The van der Waals surface area contributed by atoms with Crippen LogP contribution in [0.4, 0.5) is 0 Å². The molecule has 0 saturated carbocycles. The highest BCUT2D eigenvalue weighted by atomic mass is 16.5. The maximum Gasteiger partial charge on any atom is 0.115 e. The smallest absolute Gasteiger partial charge is 0.115 e. The Balaban J connectivity index is 1.91. The van der Waals surface area contributed by atoms with Gasteiger partial charge >= 0.3 is 0 Å². The quantitative estimate of drug-likeness (QED) is 0.583. The van der Waals surface area contributed by atoms with Gasteiger partial charge < -0.3 is 14.7 Å². The van der Waals surface area contributed by atoms with Crippen molar-refractivity contribution in [3.8, 4) is 5.75 Å². The van der Waals surface area contributed by atoms with Crippen molar-refractivity contribution >= 4 is 11.1 Å². The minimum absolute atomic E-state index is 0.274. The van der Waals surface area contributed by atoms with Crippen molar-refractivity contribution in [1.29, 1.82) is 0 Å². The molecule has 0 aromatic heterocycles. The number of nitrogens with zero attached hydrogens (tertiary/aromatic N) is 1. The summed E-state index contributed by atoms with van der Waals surface area (Å²) in [5.41, 5.74) is 5.07. The van der Waals surface area contributed by atoms with Crippen LogP contribution < -0.4 is 0 Å². The second-order valence-corrected chi connectivity index (χ2v) is 7.62. The molecule has 1 N–H and O–H groups in total. The fraction of sp³-hybridized carbons (Fsp3) is 0.308. The highest BCUT2D eigenvalue weighted by molar-refractivity contribution is 5.92. The maximum atomic E-state index is 9.76. The van der Waals surface area contributed by atoms with E-state index in [0.717, 1.165) is 30.7 Å². The molecule has 3 nitrogen and oxygen atoms in total. The molecule has 0 radical (unpaired) electrons. The van der Waals surface area contributed by atoms with E-state index < -0.39 is 0 Å². The van der Waals surface area contributed by atoms with E-state index in [9.17, 15) is 5.11 Å². The Kier molecular flexibility index (Phi) is 7.31. The summed E-state index contributed by atoms with van der Waals surface area (Å²) in [7, 11) is 4.10. The zero-order chi connectivity index (χ0) is 20.6. The van der Waals surface area contributed by atoms with Gasteiger partial charge in [-0.3, -0.25) is 0 Å². The number of phenols is 1. The average molecular weight is 390 g/mol. The maximum absolute atomic E-state index is 9.76. The molecular formula is C26H31NO2. The molecule has 1 aliphatic rings. The van der Waals surface area contributed by atoms with Gasteiger partial charge in [0.05, 0.1) is 0 Å². The van der Waals surface area contributed by atoms with Crippen molar-refractivity contribution < 1.29 is 9.84 Å². The number of benzene rings is 2. The Morgan fingerprint density at radius 2 is 1.76 bits per heavy atom. The van der Waals surface area contributed by atoms with Crippen LogP contribution in [0.2, 0.25) is 0 Å². The fourth-order valence-electron chi connectivity index (χ4n) is 3.71. The molecule has 152 valence electrons.